The number of allylic oxidation sites excluding steroid dienone is 1. The zero-order valence-electron chi connectivity index (χ0n) is 18.7. The molecule has 29 heavy (non-hydrogen) atoms. The number of hydrogen-bond acceptors (Lipinski definition) is 4. The second-order valence-electron chi connectivity index (χ2n) is 9.92. The third kappa shape index (κ3) is 6.92. The summed E-state index contributed by atoms with van der Waals surface area (Å²) in [5.41, 5.74) is 0.790. The summed E-state index contributed by atoms with van der Waals surface area (Å²) in [6, 6.07) is 0. The van der Waals surface area contributed by atoms with Crippen molar-refractivity contribution in [3.05, 3.63) is 23.8 Å². The van der Waals surface area contributed by atoms with Crippen LogP contribution in [-0.4, -0.2) is 59.7 Å². The highest BCUT2D eigenvalue weighted by molar-refractivity contribution is 5.21. The third-order valence-corrected chi connectivity index (χ3v) is 7.18. The fourth-order valence-electron chi connectivity index (χ4n) is 5.45. The van der Waals surface area contributed by atoms with Crippen molar-refractivity contribution < 1.29 is 14.9 Å². The van der Waals surface area contributed by atoms with Crippen LogP contribution in [0.1, 0.15) is 71.6 Å². The lowest BCUT2D eigenvalue weighted by atomic mass is 9.88. The number of ether oxygens (including phenoxy) is 1. The summed E-state index contributed by atoms with van der Waals surface area (Å²) in [4.78, 5) is 2.54. The van der Waals surface area contributed by atoms with Gasteiger partial charge in [0, 0.05) is 19.1 Å². The maximum atomic E-state index is 10.5. The van der Waals surface area contributed by atoms with E-state index in [4.69, 9.17) is 4.74 Å². The largest absolute Gasteiger partial charge is 0.392 e. The molecule has 0 aromatic carbocycles. The lowest BCUT2D eigenvalue weighted by molar-refractivity contribution is 0.0513. The van der Waals surface area contributed by atoms with Crippen molar-refractivity contribution in [1.29, 1.82) is 0 Å². The van der Waals surface area contributed by atoms with Gasteiger partial charge < -0.3 is 19.8 Å². The van der Waals surface area contributed by atoms with Gasteiger partial charge in [-0.2, -0.15) is 0 Å². The van der Waals surface area contributed by atoms with E-state index in [0.717, 1.165) is 51.7 Å². The second-order valence-corrected chi connectivity index (χ2v) is 9.92. The van der Waals surface area contributed by atoms with E-state index in [-0.39, 0.29) is 12.0 Å². The van der Waals surface area contributed by atoms with E-state index < -0.39 is 5.60 Å². The minimum atomic E-state index is -0.628. The van der Waals surface area contributed by atoms with Gasteiger partial charge in [-0.05, 0) is 82.4 Å². The third-order valence-electron chi connectivity index (χ3n) is 7.18. The van der Waals surface area contributed by atoms with Gasteiger partial charge in [0.2, 0.25) is 0 Å². The molecular formula is C25H43NO3. The zero-order chi connectivity index (χ0) is 20.7. The Kier molecular flexibility index (Phi) is 8.79. The van der Waals surface area contributed by atoms with Gasteiger partial charge in [0.05, 0.1) is 18.3 Å². The molecule has 0 radical (unpaired) electrons. The average molecular weight is 406 g/mol. The summed E-state index contributed by atoms with van der Waals surface area (Å²) in [5, 5.41) is 21.0. The molecule has 0 aromatic heterocycles. The van der Waals surface area contributed by atoms with Crippen LogP contribution in [0.15, 0.2) is 23.8 Å². The molecule has 0 amide bonds. The van der Waals surface area contributed by atoms with Crippen LogP contribution in [-0.2, 0) is 4.74 Å². The number of aliphatic hydroxyl groups excluding tert-OH is 1. The monoisotopic (exact) mass is 405 g/mol. The Morgan fingerprint density at radius 3 is 2.83 bits per heavy atom. The van der Waals surface area contributed by atoms with Gasteiger partial charge in [0.15, 0.2) is 0 Å². The van der Waals surface area contributed by atoms with Crippen LogP contribution in [0.25, 0.3) is 0 Å². The molecule has 3 rings (SSSR count). The molecule has 1 saturated carbocycles. The van der Waals surface area contributed by atoms with E-state index >= 15 is 0 Å². The summed E-state index contributed by atoms with van der Waals surface area (Å²) in [7, 11) is 0. The maximum absolute atomic E-state index is 10.5. The molecular weight excluding hydrogens is 362 g/mol. The Morgan fingerprint density at radius 1 is 1.28 bits per heavy atom. The topological polar surface area (TPSA) is 52.9 Å². The number of unbranched alkanes of at least 4 members (excludes halogenated alkanes) is 1. The van der Waals surface area contributed by atoms with E-state index in [9.17, 15) is 10.2 Å². The summed E-state index contributed by atoms with van der Waals surface area (Å²) < 4.78 is 5.96. The van der Waals surface area contributed by atoms with Crippen molar-refractivity contribution in [2.24, 2.45) is 17.8 Å². The Morgan fingerprint density at radius 2 is 2.07 bits per heavy atom. The van der Waals surface area contributed by atoms with E-state index in [1.807, 2.05) is 6.92 Å². The minimum Gasteiger partial charge on any atom is -0.392 e. The molecule has 1 aliphatic heterocycles. The van der Waals surface area contributed by atoms with Crippen LogP contribution in [0.5, 0.6) is 0 Å². The van der Waals surface area contributed by atoms with Gasteiger partial charge in [-0.25, -0.2) is 0 Å². The van der Waals surface area contributed by atoms with E-state index in [1.165, 1.54) is 38.0 Å². The number of fused-ring (bicyclic) bond motifs is 1. The van der Waals surface area contributed by atoms with Gasteiger partial charge in [0.25, 0.3) is 0 Å². The Bertz CT molecular complexity index is 550. The van der Waals surface area contributed by atoms with Crippen molar-refractivity contribution in [3.63, 3.8) is 0 Å². The van der Waals surface area contributed by atoms with Crippen LogP contribution in [0, 0.1) is 17.8 Å². The first-order valence-corrected chi connectivity index (χ1v) is 12.1. The molecule has 0 spiro atoms. The average Bonchev–Trinajstić information content (AvgIpc) is 3.38. The smallest absolute Gasteiger partial charge is 0.0676 e. The molecule has 166 valence electrons. The Balaban J connectivity index is 1.37. The van der Waals surface area contributed by atoms with E-state index in [1.54, 1.807) is 0 Å². The Labute approximate surface area is 178 Å². The Hall–Kier alpha value is -0.680. The highest BCUT2D eigenvalue weighted by Crippen LogP contribution is 2.47. The van der Waals surface area contributed by atoms with E-state index in [0.29, 0.717) is 18.3 Å². The predicted octanol–water partition coefficient (Wildman–Crippen LogP) is 4.32. The van der Waals surface area contributed by atoms with Gasteiger partial charge in [-0.3, -0.25) is 0 Å². The molecule has 3 aliphatic rings. The molecule has 2 N–H and O–H groups in total. The summed E-state index contributed by atoms with van der Waals surface area (Å²) in [5.74, 6) is 1.21. The minimum absolute atomic E-state index is 0.214. The number of likely N-dealkylation sites (tertiary alicyclic amines) is 1. The first kappa shape index (κ1) is 23.0. The fourth-order valence-corrected chi connectivity index (χ4v) is 5.45. The highest BCUT2D eigenvalue weighted by Gasteiger charge is 2.43. The molecule has 2 aliphatic carbocycles. The maximum Gasteiger partial charge on any atom is 0.0676 e. The molecule has 0 unspecified atom stereocenters. The second kappa shape index (κ2) is 11.1. The first-order valence-electron chi connectivity index (χ1n) is 12.1. The van der Waals surface area contributed by atoms with Crippen molar-refractivity contribution in [1.82, 2.24) is 4.90 Å². The number of hydrogen-bond donors (Lipinski definition) is 2. The van der Waals surface area contributed by atoms with Crippen LogP contribution in [0.4, 0.5) is 0 Å². The lowest BCUT2D eigenvalue weighted by Gasteiger charge is -2.22. The molecule has 0 bridgehead atoms. The standard InChI is InChI=1S/C25H43NO3/c1-3-4-10-25(2,28)11-7-9-22-23-17-20(16-21(23)18-24(22)27)19-29-15-8-14-26-12-5-6-13-26/h7,9,16,21-24,27-28H,3-6,8,10-15,17-19H2,1-2H3/t21-,22+,23-,24+,25-/m0/s1. The SMILES string of the molecule is CCCC[C@](C)(O)CC=C[C@@H]1[C@H]2CC(COCCCN3CCCC3)=C[C@H]2C[C@H]1O. The normalized spacial score (nSPS) is 32.1. The van der Waals surface area contributed by atoms with Crippen LogP contribution in [0.3, 0.4) is 0 Å². The first-order chi connectivity index (χ1) is 14.0. The van der Waals surface area contributed by atoms with Crippen LogP contribution >= 0.6 is 0 Å². The zero-order valence-corrected chi connectivity index (χ0v) is 18.7. The molecule has 4 nitrogen and oxygen atoms in total. The summed E-state index contributed by atoms with van der Waals surface area (Å²) in [6.45, 7) is 9.39. The molecule has 1 saturated heterocycles. The van der Waals surface area contributed by atoms with Crippen LogP contribution < -0.4 is 0 Å². The van der Waals surface area contributed by atoms with Crippen molar-refractivity contribution in [2.75, 3.05) is 32.8 Å². The van der Waals surface area contributed by atoms with Gasteiger partial charge in [0.1, 0.15) is 0 Å². The van der Waals surface area contributed by atoms with Gasteiger partial charge in [-0.1, -0.05) is 38.0 Å². The summed E-state index contributed by atoms with van der Waals surface area (Å²) >= 11 is 0. The van der Waals surface area contributed by atoms with Crippen molar-refractivity contribution in [2.45, 2.75) is 83.3 Å². The number of nitrogens with zero attached hydrogens (tertiary/aromatic N) is 1. The quantitative estimate of drug-likeness (QED) is 0.375. The molecule has 1 heterocycles. The number of aliphatic hydroxyl groups is 2. The van der Waals surface area contributed by atoms with Crippen molar-refractivity contribution in [3.8, 4) is 0 Å². The lowest BCUT2D eigenvalue weighted by Crippen LogP contribution is -2.23. The molecule has 0 aromatic rings. The molecule has 4 heteroatoms. The predicted molar refractivity (Wildman–Crippen MR) is 119 cm³/mol. The number of rotatable bonds is 12. The van der Waals surface area contributed by atoms with Crippen molar-refractivity contribution >= 4 is 0 Å². The molecule has 5 atom stereocenters. The highest BCUT2D eigenvalue weighted by atomic mass is 16.5. The van der Waals surface area contributed by atoms with Gasteiger partial charge >= 0.3 is 0 Å². The molecule has 2 fully saturated rings. The van der Waals surface area contributed by atoms with Crippen LogP contribution in [0.2, 0.25) is 0 Å². The fraction of sp³-hybridized carbons (Fsp3) is 0.840. The van der Waals surface area contributed by atoms with E-state index in [2.05, 4.69) is 30.1 Å². The summed E-state index contributed by atoms with van der Waals surface area (Å²) in [6.07, 6.45) is 15.9. The van der Waals surface area contributed by atoms with Gasteiger partial charge in [-0.15, -0.1) is 0 Å².